The van der Waals surface area contributed by atoms with Gasteiger partial charge in [0.2, 0.25) is 0 Å². The highest BCUT2D eigenvalue weighted by atomic mass is 16.4. The molecule has 1 unspecified atom stereocenters. The Morgan fingerprint density at radius 3 is 2.65 bits per heavy atom. The fourth-order valence-electron chi connectivity index (χ4n) is 1.94. The molecule has 0 spiro atoms. The molecule has 20 heavy (non-hydrogen) atoms. The monoisotopic (exact) mass is 281 g/mol. The zero-order valence-corrected chi connectivity index (χ0v) is 12.5. The first-order chi connectivity index (χ1) is 9.27. The summed E-state index contributed by atoms with van der Waals surface area (Å²) in [6.45, 7) is 7.92. The van der Waals surface area contributed by atoms with Gasteiger partial charge in [0, 0.05) is 24.5 Å². The number of aromatic nitrogens is 2. The number of hydrogen-bond donors (Lipinski definition) is 2. The van der Waals surface area contributed by atoms with Crippen LogP contribution in [0.25, 0.3) is 0 Å². The SMILES string of the molecule is CCCC(CNc1nccn(C(C)(C)C)c1=O)C(=O)O. The van der Waals surface area contributed by atoms with Crippen LogP contribution in [0.4, 0.5) is 5.82 Å². The Morgan fingerprint density at radius 1 is 1.50 bits per heavy atom. The molecule has 2 N–H and O–H groups in total. The van der Waals surface area contributed by atoms with Crippen molar-refractivity contribution >= 4 is 11.8 Å². The Morgan fingerprint density at radius 2 is 2.15 bits per heavy atom. The highest BCUT2D eigenvalue weighted by Crippen LogP contribution is 2.11. The number of carbonyl (C=O) groups is 1. The highest BCUT2D eigenvalue weighted by molar-refractivity contribution is 5.70. The van der Waals surface area contributed by atoms with Crippen molar-refractivity contribution in [2.45, 2.75) is 46.1 Å². The molecule has 0 radical (unpaired) electrons. The van der Waals surface area contributed by atoms with E-state index in [0.29, 0.717) is 6.42 Å². The first-order valence-electron chi connectivity index (χ1n) is 6.82. The molecule has 0 aromatic carbocycles. The minimum atomic E-state index is -0.855. The summed E-state index contributed by atoms with van der Waals surface area (Å²) in [5.74, 6) is -1.17. The maximum atomic E-state index is 12.2. The number of hydrogen-bond acceptors (Lipinski definition) is 4. The van der Waals surface area contributed by atoms with E-state index in [1.807, 2.05) is 27.7 Å². The summed E-state index contributed by atoms with van der Waals surface area (Å²) >= 11 is 0. The van der Waals surface area contributed by atoms with Gasteiger partial charge in [-0.2, -0.15) is 0 Å². The third kappa shape index (κ3) is 4.08. The Kier molecular flexibility index (Phi) is 5.30. The molecule has 6 heteroatoms. The van der Waals surface area contributed by atoms with Crippen LogP contribution < -0.4 is 10.9 Å². The molecule has 0 fully saturated rings. The molecule has 0 bridgehead atoms. The number of carboxylic acids is 1. The van der Waals surface area contributed by atoms with Crippen LogP contribution in [0.15, 0.2) is 17.2 Å². The van der Waals surface area contributed by atoms with Crippen molar-refractivity contribution in [3.63, 3.8) is 0 Å². The molecule has 1 heterocycles. The van der Waals surface area contributed by atoms with Crippen LogP contribution in [0.1, 0.15) is 40.5 Å². The van der Waals surface area contributed by atoms with Crippen LogP contribution in [0, 0.1) is 5.92 Å². The molecule has 0 saturated heterocycles. The van der Waals surface area contributed by atoms with Gasteiger partial charge in [0.05, 0.1) is 5.92 Å². The summed E-state index contributed by atoms with van der Waals surface area (Å²) in [4.78, 5) is 27.3. The van der Waals surface area contributed by atoms with Crippen molar-refractivity contribution in [2.24, 2.45) is 5.92 Å². The maximum Gasteiger partial charge on any atom is 0.308 e. The van der Waals surface area contributed by atoms with E-state index < -0.39 is 11.9 Å². The standard InChI is InChI=1S/C14H23N3O3/c1-5-6-10(13(19)20)9-16-11-12(18)17(8-7-15-11)14(2,3)4/h7-8,10H,5-6,9H2,1-4H3,(H,15,16)(H,19,20). The van der Waals surface area contributed by atoms with Crippen molar-refractivity contribution in [3.05, 3.63) is 22.7 Å². The molecular formula is C14H23N3O3. The van der Waals surface area contributed by atoms with E-state index in [1.54, 1.807) is 17.0 Å². The smallest absolute Gasteiger partial charge is 0.308 e. The van der Waals surface area contributed by atoms with Crippen molar-refractivity contribution < 1.29 is 9.90 Å². The average Bonchev–Trinajstić information content (AvgIpc) is 2.34. The van der Waals surface area contributed by atoms with Crippen LogP contribution in [0.5, 0.6) is 0 Å². The van der Waals surface area contributed by atoms with Gasteiger partial charge < -0.3 is 15.0 Å². The van der Waals surface area contributed by atoms with E-state index in [9.17, 15) is 9.59 Å². The fourth-order valence-corrected chi connectivity index (χ4v) is 1.94. The second-order valence-electron chi connectivity index (χ2n) is 5.83. The lowest BCUT2D eigenvalue weighted by Crippen LogP contribution is -2.36. The lowest BCUT2D eigenvalue weighted by Gasteiger charge is -2.22. The van der Waals surface area contributed by atoms with Gasteiger partial charge in [-0.1, -0.05) is 13.3 Å². The molecule has 1 aromatic heterocycles. The Balaban J connectivity index is 2.89. The summed E-state index contributed by atoms with van der Waals surface area (Å²) in [7, 11) is 0. The first-order valence-corrected chi connectivity index (χ1v) is 6.82. The molecule has 0 saturated carbocycles. The molecule has 1 rings (SSSR count). The zero-order chi connectivity index (χ0) is 15.3. The summed E-state index contributed by atoms with van der Waals surface area (Å²) < 4.78 is 1.58. The van der Waals surface area contributed by atoms with E-state index in [4.69, 9.17) is 5.11 Å². The number of nitrogens with one attached hydrogen (secondary N) is 1. The largest absolute Gasteiger partial charge is 0.481 e. The molecule has 0 aliphatic carbocycles. The Hall–Kier alpha value is -1.85. The topological polar surface area (TPSA) is 84.2 Å². The Labute approximate surface area is 118 Å². The number of nitrogens with zero attached hydrogens (tertiary/aromatic N) is 2. The first kappa shape index (κ1) is 16.2. The molecule has 112 valence electrons. The third-order valence-electron chi connectivity index (χ3n) is 3.07. The summed E-state index contributed by atoms with van der Waals surface area (Å²) in [6, 6.07) is 0. The van der Waals surface area contributed by atoms with Gasteiger partial charge in [0.25, 0.3) is 5.56 Å². The van der Waals surface area contributed by atoms with Crippen molar-refractivity contribution in [2.75, 3.05) is 11.9 Å². The quantitative estimate of drug-likeness (QED) is 0.832. The van der Waals surface area contributed by atoms with Gasteiger partial charge in [-0.15, -0.1) is 0 Å². The second kappa shape index (κ2) is 6.54. The van der Waals surface area contributed by atoms with Gasteiger partial charge >= 0.3 is 5.97 Å². The lowest BCUT2D eigenvalue weighted by atomic mass is 10.0. The number of aliphatic carboxylic acids is 1. The van der Waals surface area contributed by atoms with Gasteiger partial charge in [-0.3, -0.25) is 9.59 Å². The number of rotatable bonds is 6. The minimum absolute atomic E-state index is 0.199. The van der Waals surface area contributed by atoms with Crippen molar-refractivity contribution in [1.82, 2.24) is 9.55 Å². The molecular weight excluding hydrogens is 258 g/mol. The van der Waals surface area contributed by atoms with E-state index in [2.05, 4.69) is 10.3 Å². The maximum absolute atomic E-state index is 12.2. The van der Waals surface area contributed by atoms with Gasteiger partial charge in [0.1, 0.15) is 0 Å². The Bertz CT molecular complexity index is 517. The molecule has 0 aliphatic rings. The lowest BCUT2D eigenvalue weighted by molar-refractivity contribution is -0.141. The van der Waals surface area contributed by atoms with Crippen LogP contribution in [0.3, 0.4) is 0 Å². The van der Waals surface area contributed by atoms with Gasteiger partial charge in [0.15, 0.2) is 5.82 Å². The second-order valence-corrected chi connectivity index (χ2v) is 5.83. The zero-order valence-electron chi connectivity index (χ0n) is 12.5. The average molecular weight is 281 g/mol. The van der Waals surface area contributed by atoms with Gasteiger partial charge in [-0.25, -0.2) is 4.98 Å². The molecule has 1 atom stereocenters. The van der Waals surface area contributed by atoms with Crippen molar-refractivity contribution in [3.8, 4) is 0 Å². The highest BCUT2D eigenvalue weighted by Gasteiger charge is 2.19. The van der Waals surface area contributed by atoms with Crippen LogP contribution in [-0.4, -0.2) is 27.2 Å². The summed E-state index contributed by atoms with van der Waals surface area (Å²) in [6.07, 6.45) is 4.54. The number of anilines is 1. The van der Waals surface area contributed by atoms with Gasteiger partial charge in [-0.05, 0) is 27.2 Å². The van der Waals surface area contributed by atoms with Crippen LogP contribution >= 0.6 is 0 Å². The minimum Gasteiger partial charge on any atom is -0.481 e. The molecule has 6 nitrogen and oxygen atoms in total. The molecule has 1 aromatic rings. The van der Waals surface area contributed by atoms with E-state index in [-0.39, 0.29) is 23.5 Å². The van der Waals surface area contributed by atoms with E-state index >= 15 is 0 Å². The third-order valence-corrected chi connectivity index (χ3v) is 3.07. The normalized spacial score (nSPS) is 13.0. The molecule has 0 amide bonds. The van der Waals surface area contributed by atoms with E-state index in [0.717, 1.165) is 6.42 Å². The van der Waals surface area contributed by atoms with Crippen molar-refractivity contribution in [1.29, 1.82) is 0 Å². The summed E-state index contributed by atoms with van der Waals surface area (Å²) in [5, 5.41) is 12.0. The van der Waals surface area contributed by atoms with Crippen LogP contribution in [-0.2, 0) is 10.3 Å². The predicted molar refractivity (Wildman–Crippen MR) is 78.0 cm³/mol. The number of carboxylic acid groups (broad SMARTS) is 1. The fraction of sp³-hybridized carbons (Fsp3) is 0.643. The van der Waals surface area contributed by atoms with E-state index in [1.165, 1.54) is 0 Å². The van der Waals surface area contributed by atoms with Crippen LogP contribution in [0.2, 0.25) is 0 Å². The molecule has 0 aliphatic heterocycles. The summed E-state index contributed by atoms with van der Waals surface area (Å²) in [5.41, 5.74) is -0.577. The predicted octanol–water partition coefficient (Wildman–Crippen LogP) is 1.91.